The number of hydrogen-bond acceptors (Lipinski definition) is 3. The Kier molecular flexibility index (Phi) is 8.14. The van der Waals surface area contributed by atoms with Crippen LogP contribution in [-0.2, 0) is 23.9 Å². The molecule has 10 heteroatoms. The quantitative estimate of drug-likeness (QED) is 0.240. The van der Waals surface area contributed by atoms with Gasteiger partial charge in [-0.2, -0.15) is 13.2 Å². The van der Waals surface area contributed by atoms with Crippen molar-refractivity contribution >= 4 is 35.1 Å². The first-order valence-corrected chi connectivity index (χ1v) is 12.1. The molecule has 4 aromatic rings. The van der Waals surface area contributed by atoms with Crippen molar-refractivity contribution < 1.29 is 32.3 Å². The summed E-state index contributed by atoms with van der Waals surface area (Å²) in [6.45, 7) is -0.338. The number of amides is 1. The van der Waals surface area contributed by atoms with E-state index in [4.69, 9.17) is 27.6 Å². The molecule has 1 amide bonds. The van der Waals surface area contributed by atoms with Crippen molar-refractivity contribution in [2.45, 2.75) is 25.2 Å². The molecule has 4 rings (SSSR count). The Morgan fingerprint density at radius 3 is 2.26 bits per heavy atom. The van der Waals surface area contributed by atoms with Gasteiger partial charge in [-0.3, -0.25) is 4.79 Å². The standard InChI is InChI=1S/C28H20Cl2F3NO4/c29-18-10-12-21(23(30)15-18)26(35)34(24(27(36)37)14-17-6-2-1-3-7-17)16-19-11-13-25(38-19)20-8-4-5-9-22(20)28(31,32)33/h1-13,15,24H,14,16H2,(H,36,37). The minimum atomic E-state index is -4.61. The number of carboxylic acid groups (broad SMARTS) is 1. The molecule has 1 aromatic heterocycles. The largest absolute Gasteiger partial charge is 0.480 e. The average molecular weight is 562 g/mol. The van der Waals surface area contributed by atoms with Crippen LogP contribution >= 0.6 is 23.2 Å². The predicted octanol–water partition coefficient (Wildman–Crippen LogP) is 7.61. The summed E-state index contributed by atoms with van der Waals surface area (Å²) in [4.78, 5) is 27.1. The van der Waals surface area contributed by atoms with Crippen LogP contribution in [0, 0.1) is 0 Å². The van der Waals surface area contributed by atoms with Crippen molar-refractivity contribution in [3.05, 3.63) is 117 Å². The molecule has 0 spiro atoms. The zero-order valence-electron chi connectivity index (χ0n) is 19.6. The molecule has 0 radical (unpaired) electrons. The summed E-state index contributed by atoms with van der Waals surface area (Å²) in [6.07, 6.45) is -4.64. The summed E-state index contributed by atoms with van der Waals surface area (Å²) in [5.41, 5.74) is -0.373. The molecule has 0 fully saturated rings. The van der Waals surface area contributed by atoms with Gasteiger partial charge in [-0.15, -0.1) is 0 Å². The van der Waals surface area contributed by atoms with Gasteiger partial charge in [0.05, 0.1) is 22.7 Å². The monoisotopic (exact) mass is 561 g/mol. The third kappa shape index (κ3) is 6.20. The molecule has 38 heavy (non-hydrogen) atoms. The summed E-state index contributed by atoms with van der Waals surface area (Å²) in [5.74, 6) is -1.96. The van der Waals surface area contributed by atoms with E-state index in [-0.39, 0.29) is 45.7 Å². The Hall–Kier alpha value is -3.75. The van der Waals surface area contributed by atoms with Gasteiger partial charge < -0.3 is 14.4 Å². The smallest absolute Gasteiger partial charge is 0.417 e. The number of halogens is 5. The Morgan fingerprint density at radius 1 is 0.921 bits per heavy atom. The molecule has 0 aliphatic rings. The van der Waals surface area contributed by atoms with E-state index in [2.05, 4.69) is 0 Å². The summed E-state index contributed by atoms with van der Waals surface area (Å²) < 4.78 is 46.3. The molecule has 1 atom stereocenters. The second kappa shape index (κ2) is 11.3. The van der Waals surface area contributed by atoms with Crippen molar-refractivity contribution in [3.8, 4) is 11.3 Å². The van der Waals surface area contributed by atoms with Crippen molar-refractivity contribution in [3.63, 3.8) is 0 Å². The maximum absolute atomic E-state index is 13.6. The number of hydrogen-bond donors (Lipinski definition) is 1. The number of furan rings is 1. The maximum Gasteiger partial charge on any atom is 0.417 e. The van der Waals surface area contributed by atoms with Crippen LogP contribution in [0.2, 0.25) is 10.0 Å². The van der Waals surface area contributed by atoms with Crippen LogP contribution in [0.3, 0.4) is 0 Å². The van der Waals surface area contributed by atoms with Crippen molar-refractivity contribution in [2.75, 3.05) is 0 Å². The fourth-order valence-corrected chi connectivity index (χ4v) is 4.52. The summed E-state index contributed by atoms with van der Waals surface area (Å²) in [5, 5.41) is 10.4. The molecule has 0 bridgehead atoms. The van der Waals surface area contributed by atoms with Gasteiger partial charge in [-0.25, -0.2) is 4.79 Å². The van der Waals surface area contributed by atoms with Gasteiger partial charge in [0.1, 0.15) is 17.6 Å². The van der Waals surface area contributed by atoms with E-state index in [1.165, 1.54) is 48.5 Å². The van der Waals surface area contributed by atoms with Gasteiger partial charge in [0.25, 0.3) is 5.91 Å². The number of aliphatic carboxylic acids is 1. The van der Waals surface area contributed by atoms with Crippen LogP contribution in [0.1, 0.15) is 27.2 Å². The maximum atomic E-state index is 13.6. The van der Waals surface area contributed by atoms with E-state index in [0.29, 0.717) is 5.56 Å². The minimum absolute atomic E-state index is 0.0181. The molecule has 1 N–H and O–H groups in total. The van der Waals surface area contributed by atoms with Crippen LogP contribution in [0.4, 0.5) is 13.2 Å². The summed E-state index contributed by atoms with van der Waals surface area (Å²) >= 11 is 12.2. The van der Waals surface area contributed by atoms with E-state index in [1.54, 1.807) is 30.3 Å². The first-order chi connectivity index (χ1) is 18.0. The number of rotatable bonds is 8. The lowest BCUT2D eigenvalue weighted by molar-refractivity contribution is -0.142. The third-order valence-electron chi connectivity index (χ3n) is 5.84. The molecule has 3 aromatic carbocycles. The average Bonchev–Trinajstić information content (AvgIpc) is 3.34. The SMILES string of the molecule is O=C(O)C(Cc1ccccc1)N(Cc1ccc(-c2ccccc2C(F)(F)F)o1)C(=O)c1ccc(Cl)cc1Cl. The molecule has 0 aliphatic carbocycles. The van der Waals surface area contributed by atoms with E-state index < -0.39 is 29.7 Å². The van der Waals surface area contributed by atoms with Crippen LogP contribution in [0.15, 0.2) is 89.3 Å². The van der Waals surface area contributed by atoms with E-state index >= 15 is 0 Å². The number of carbonyl (C=O) groups is 2. The highest BCUT2D eigenvalue weighted by Gasteiger charge is 2.35. The van der Waals surface area contributed by atoms with E-state index in [1.807, 2.05) is 0 Å². The van der Waals surface area contributed by atoms with Crippen molar-refractivity contribution in [2.24, 2.45) is 0 Å². The lowest BCUT2D eigenvalue weighted by Gasteiger charge is -2.29. The number of nitrogens with zero attached hydrogens (tertiary/aromatic N) is 1. The van der Waals surface area contributed by atoms with Gasteiger partial charge in [0.2, 0.25) is 0 Å². The van der Waals surface area contributed by atoms with Crippen LogP contribution in [-0.4, -0.2) is 27.9 Å². The molecule has 0 aliphatic heterocycles. The van der Waals surface area contributed by atoms with Gasteiger partial charge in [-0.05, 0) is 42.0 Å². The second-order valence-electron chi connectivity index (χ2n) is 8.41. The molecule has 196 valence electrons. The van der Waals surface area contributed by atoms with Crippen LogP contribution < -0.4 is 0 Å². The third-order valence-corrected chi connectivity index (χ3v) is 6.39. The minimum Gasteiger partial charge on any atom is -0.480 e. The molecule has 1 unspecified atom stereocenters. The topological polar surface area (TPSA) is 70.8 Å². The number of carbonyl (C=O) groups excluding carboxylic acids is 1. The highest BCUT2D eigenvalue weighted by atomic mass is 35.5. The zero-order chi connectivity index (χ0) is 27.4. The Balaban J connectivity index is 1.73. The van der Waals surface area contributed by atoms with Crippen molar-refractivity contribution in [1.29, 1.82) is 0 Å². The first kappa shape index (κ1) is 27.3. The molecule has 0 saturated carbocycles. The molecule has 5 nitrogen and oxygen atoms in total. The Morgan fingerprint density at radius 2 is 1.61 bits per heavy atom. The highest BCUT2D eigenvalue weighted by Crippen LogP contribution is 2.37. The second-order valence-corrected chi connectivity index (χ2v) is 9.25. The van der Waals surface area contributed by atoms with E-state index in [9.17, 15) is 27.9 Å². The molecule has 0 saturated heterocycles. The van der Waals surface area contributed by atoms with Gasteiger partial charge in [0.15, 0.2) is 0 Å². The lowest BCUT2D eigenvalue weighted by Crippen LogP contribution is -2.46. The zero-order valence-corrected chi connectivity index (χ0v) is 21.1. The van der Waals surface area contributed by atoms with Crippen LogP contribution in [0.25, 0.3) is 11.3 Å². The molecular formula is C28H20Cl2F3NO4. The van der Waals surface area contributed by atoms with Gasteiger partial charge in [-0.1, -0.05) is 71.7 Å². The fourth-order valence-electron chi connectivity index (χ4n) is 4.03. The van der Waals surface area contributed by atoms with Gasteiger partial charge in [0, 0.05) is 17.0 Å². The fraction of sp³-hybridized carbons (Fsp3) is 0.143. The number of benzene rings is 3. The Labute approximate surface area is 226 Å². The first-order valence-electron chi connectivity index (χ1n) is 11.3. The Bertz CT molecular complexity index is 1450. The molecular weight excluding hydrogens is 542 g/mol. The molecule has 1 heterocycles. The predicted molar refractivity (Wildman–Crippen MR) is 137 cm³/mol. The highest BCUT2D eigenvalue weighted by molar-refractivity contribution is 6.36. The van der Waals surface area contributed by atoms with Crippen molar-refractivity contribution in [1.82, 2.24) is 4.90 Å². The summed E-state index contributed by atoms with van der Waals surface area (Å²) in [6, 6.07) is 19.3. The van der Waals surface area contributed by atoms with Gasteiger partial charge >= 0.3 is 12.1 Å². The normalized spacial score (nSPS) is 12.2. The van der Waals surface area contributed by atoms with E-state index in [0.717, 1.165) is 11.0 Å². The summed E-state index contributed by atoms with van der Waals surface area (Å²) in [7, 11) is 0. The lowest BCUT2D eigenvalue weighted by atomic mass is 10.0. The number of alkyl halides is 3. The van der Waals surface area contributed by atoms with Crippen LogP contribution in [0.5, 0.6) is 0 Å². The number of carboxylic acids is 1.